The summed E-state index contributed by atoms with van der Waals surface area (Å²) >= 11 is 0. The van der Waals surface area contributed by atoms with E-state index in [1.54, 1.807) is 45.5 Å². The molecule has 1 amide bonds. The second-order valence-electron chi connectivity index (χ2n) is 25.3. The number of carbonyl (C=O) groups excluding carboxylic acids is 1. The van der Waals surface area contributed by atoms with Gasteiger partial charge in [-0.1, -0.05) is 351 Å². The van der Waals surface area contributed by atoms with Crippen LogP contribution in [0.3, 0.4) is 0 Å². The van der Waals surface area contributed by atoms with Crippen LogP contribution in [-0.2, 0) is 85.5 Å². The highest BCUT2D eigenvalue weighted by atomic mass is 16.5. The van der Waals surface area contributed by atoms with Crippen LogP contribution < -0.4 is 34.6 Å². The van der Waals surface area contributed by atoms with Gasteiger partial charge in [0.2, 0.25) is 0 Å². The minimum atomic E-state index is -0.302. The van der Waals surface area contributed by atoms with Gasteiger partial charge in [0.25, 0.3) is 5.91 Å². The van der Waals surface area contributed by atoms with Crippen LogP contribution in [0.5, 0.6) is 28.7 Å². The zero-order valence-electron chi connectivity index (χ0n) is 78.0. The molecule has 0 saturated heterocycles. The zero-order chi connectivity index (χ0) is 89.1. The fourth-order valence-electron chi connectivity index (χ4n) is 12.8. The van der Waals surface area contributed by atoms with Gasteiger partial charge in [0, 0.05) is 29.9 Å². The maximum Gasteiger partial charge on any atom is 0.336 e. The first-order chi connectivity index (χ1) is 60.0. The molecule has 1 aromatic heterocycles. The average molecular weight is 1650 g/mol. The van der Waals surface area contributed by atoms with Gasteiger partial charge in [-0.3, -0.25) is 4.79 Å². The van der Waals surface area contributed by atoms with Gasteiger partial charge in [0.15, 0.2) is 18.1 Å². The number of fused-ring (bicyclic) bond motifs is 10. The Bertz CT molecular complexity index is 4050. The minimum Gasteiger partial charge on any atom is -0.493 e. The third-order valence-corrected chi connectivity index (χ3v) is 18.2. The second kappa shape index (κ2) is 73.5. The highest BCUT2D eigenvalue weighted by molar-refractivity contribution is 5.95. The summed E-state index contributed by atoms with van der Waals surface area (Å²) in [5, 5.41) is 3.65. The minimum absolute atomic E-state index is 0.0938. The van der Waals surface area contributed by atoms with Crippen molar-refractivity contribution in [2.45, 2.75) is 255 Å². The van der Waals surface area contributed by atoms with E-state index in [1.807, 2.05) is 266 Å². The van der Waals surface area contributed by atoms with Gasteiger partial charge in [0.1, 0.15) is 29.4 Å². The number of aryl methyl sites for hydroxylation is 6. The molecule has 11 aromatic rings. The third-order valence-electron chi connectivity index (χ3n) is 18.2. The number of hydrogen-bond acceptors (Lipinski definition) is 10. The first kappa shape index (κ1) is 109. The fourth-order valence-corrected chi connectivity index (χ4v) is 12.8. The maximum atomic E-state index is 10.8. The second-order valence-corrected chi connectivity index (χ2v) is 25.3. The van der Waals surface area contributed by atoms with Crippen molar-refractivity contribution in [3.63, 3.8) is 0 Å². The van der Waals surface area contributed by atoms with E-state index in [0.29, 0.717) is 12.2 Å². The predicted molar refractivity (Wildman–Crippen MR) is 519 cm³/mol. The van der Waals surface area contributed by atoms with Gasteiger partial charge in [-0.05, 0) is 193 Å². The van der Waals surface area contributed by atoms with Crippen LogP contribution in [0.2, 0.25) is 0 Å². The highest BCUT2D eigenvalue weighted by Gasteiger charge is 2.15. The monoisotopic (exact) mass is 1650 g/mol. The number of para-hydroxylation sites is 7. The number of carbonyl (C=O) groups is 1. The smallest absolute Gasteiger partial charge is 0.336 e. The van der Waals surface area contributed by atoms with Crippen LogP contribution in [0.4, 0.5) is 5.69 Å². The number of benzene rings is 10. The van der Waals surface area contributed by atoms with Gasteiger partial charge in [0.05, 0.1) is 51.9 Å². The van der Waals surface area contributed by atoms with Gasteiger partial charge >= 0.3 is 5.63 Å². The first-order valence-electron chi connectivity index (χ1n) is 45.9. The number of ether oxygens (including phenoxy) is 7. The van der Waals surface area contributed by atoms with Crippen LogP contribution in [-0.4, -0.2) is 45.5 Å². The number of hydrogen-bond donors (Lipinski definition) is 1. The molecule has 0 spiro atoms. The Balaban J connectivity index is 0.000000657. The Labute approximate surface area is 733 Å². The molecule has 0 radical (unpaired) electrons. The molecule has 0 fully saturated rings. The molecule has 121 heavy (non-hydrogen) atoms. The Kier molecular flexibility index (Phi) is 65.9. The van der Waals surface area contributed by atoms with Crippen LogP contribution in [0.25, 0.3) is 17.0 Å². The van der Waals surface area contributed by atoms with Crippen molar-refractivity contribution in [3.8, 4) is 28.7 Å². The summed E-state index contributed by atoms with van der Waals surface area (Å²) < 4.78 is 42.0. The normalized spacial score (nSPS) is 13.0. The maximum absolute atomic E-state index is 10.8. The molecular weight excluding hydrogens is 1500 g/mol. The number of anilines is 1. The van der Waals surface area contributed by atoms with Crippen LogP contribution in [0.1, 0.15) is 250 Å². The molecule has 6 aliphatic heterocycles. The summed E-state index contributed by atoms with van der Waals surface area (Å²) in [5.74, 6) is 4.44. The van der Waals surface area contributed by atoms with Crippen molar-refractivity contribution in [1.29, 1.82) is 0 Å². The lowest BCUT2D eigenvalue weighted by molar-refractivity contribution is -0.118. The summed E-state index contributed by atoms with van der Waals surface area (Å²) in [7, 11) is 0. The topological polar surface area (TPSA) is 124 Å². The van der Waals surface area contributed by atoms with E-state index in [-0.39, 0.29) is 18.1 Å². The molecule has 0 atom stereocenters. The molecule has 10 aromatic carbocycles. The van der Waals surface area contributed by atoms with E-state index in [4.69, 9.17) is 37.6 Å². The Morgan fingerprint density at radius 2 is 0.603 bits per heavy atom. The van der Waals surface area contributed by atoms with E-state index < -0.39 is 0 Å². The molecule has 0 unspecified atom stereocenters. The molecule has 3 aliphatic carbocycles. The largest absolute Gasteiger partial charge is 0.493 e. The zero-order valence-corrected chi connectivity index (χ0v) is 78.0. The molecular formula is C110H153NO10. The van der Waals surface area contributed by atoms with E-state index in [1.165, 1.54) is 116 Å². The molecule has 1 N–H and O–H groups in total. The standard InChI is InChI=1S/C11H14.C10H12.C9H10O2.C9H6O2.C9H8O.C9H10O.C9H10.C8H7NO2.2C8H8O.10C2H6/c1-2-6-10-8-4-5-9-11(10)7-3-1;1-2-6-10-8-4-3-7-9(10)5-1;1-2-5-9-8(4-1)10-6-3-7-11-9;10-9-6-5-7-3-1-2-4-8(7)11-9;1-2-6-9-8(4-1)5-3-7-10-9;1-2-4-9-7-10-6-5-8(9)3-1;1-2-5-9-7-3-6-8(9)4-1;10-8-5-11-7-4-2-1-3-6(7)9-8;1-2-4-8-6-9-5-7(8)3-1;1-2-4-8-7(3-1)5-6-9-8;10*1-2/h4-5,8-9H,1-3,6-7H2;1-2,5-6H,3-4,7-8H2;1-2,4-5H,3,6-7H2;1-6H;1-6H,7H2;1-4H,5-7H2;1-2,4-5H,3,6-7H2;1-4H,5H2,(H,9,10);2*1-4H,5-6H2;10*1-2H3. The summed E-state index contributed by atoms with van der Waals surface area (Å²) in [6.07, 6.45) is 23.4. The van der Waals surface area contributed by atoms with E-state index in [0.717, 1.165) is 105 Å². The molecule has 11 nitrogen and oxygen atoms in total. The Morgan fingerprint density at radius 3 is 1.07 bits per heavy atom. The number of amides is 1. The summed E-state index contributed by atoms with van der Waals surface area (Å²) in [6, 6.07) is 85.1. The van der Waals surface area contributed by atoms with Crippen molar-refractivity contribution >= 4 is 28.6 Å². The molecule has 20 rings (SSSR count). The Morgan fingerprint density at radius 1 is 0.248 bits per heavy atom. The fraction of sp³-hybridized carbons (Fsp3) is 0.400. The quantitative estimate of drug-likeness (QED) is 0.116. The molecule has 658 valence electrons. The molecule has 0 saturated carbocycles. The lowest BCUT2D eigenvalue weighted by Gasteiger charge is -2.16. The first-order valence-corrected chi connectivity index (χ1v) is 45.9. The molecule has 0 bridgehead atoms. The van der Waals surface area contributed by atoms with Gasteiger partial charge in [-0.2, -0.15) is 0 Å². The van der Waals surface area contributed by atoms with E-state index in [2.05, 4.69) is 127 Å². The van der Waals surface area contributed by atoms with Gasteiger partial charge in [-0.25, -0.2) is 4.79 Å². The summed E-state index contributed by atoms with van der Waals surface area (Å²) in [4.78, 5) is 21.5. The van der Waals surface area contributed by atoms with Crippen LogP contribution in [0.15, 0.2) is 270 Å². The average Bonchev–Trinajstić information content (AvgIpc) is 1.63. The molecule has 11 heteroatoms. The SMILES string of the molecule is C1=Cc2ccccc2OC1.CC.CC.CC.CC.CC.CC.CC.CC.CC.CC.O=C1COc2ccccc2N1.O=c1ccc2ccccc2o1.c1ccc2c(c1)CCC2.c1ccc2c(c1)CCCC2.c1ccc2c(c1)CCCCC2.c1ccc2c(c1)CCO2.c1ccc2c(c1)CCOC2.c1ccc2c(c1)COC2.c1ccc2c(c1)OCCCO2. The lowest BCUT2D eigenvalue weighted by atomic mass is 9.92. The van der Waals surface area contributed by atoms with Crippen molar-refractivity contribution in [2.75, 3.05) is 45.0 Å². The Hall–Kier alpha value is -10.5. The predicted octanol–water partition coefficient (Wildman–Crippen LogP) is 29.8. The molecule has 9 aliphatic rings. The van der Waals surface area contributed by atoms with Crippen LogP contribution >= 0.6 is 0 Å². The van der Waals surface area contributed by atoms with Crippen LogP contribution in [0, 0.1) is 0 Å². The van der Waals surface area contributed by atoms with Crippen molar-refractivity contribution in [1.82, 2.24) is 0 Å². The third kappa shape index (κ3) is 42.6. The van der Waals surface area contributed by atoms with Crippen molar-refractivity contribution in [3.05, 3.63) is 338 Å². The van der Waals surface area contributed by atoms with E-state index >= 15 is 0 Å². The van der Waals surface area contributed by atoms with E-state index in [9.17, 15) is 9.59 Å². The van der Waals surface area contributed by atoms with Gasteiger partial charge < -0.3 is 42.9 Å². The van der Waals surface area contributed by atoms with Crippen molar-refractivity contribution < 1.29 is 42.4 Å². The molecule has 7 heterocycles. The highest BCUT2D eigenvalue weighted by Crippen LogP contribution is 2.30. The summed E-state index contributed by atoms with van der Waals surface area (Å²) in [6.45, 7) is 46.5. The number of nitrogens with one attached hydrogen (secondary N) is 1. The number of rotatable bonds is 0. The summed E-state index contributed by atoms with van der Waals surface area (Å²) in [5.41, 5.74) is 18.6. The van der Waals surface area contributed by atoms with Crippen molar-refractivity contribution in [2.24, 2.45) is 0 Å². The lowest BCUT2D eigenvalue weighted by Crippen LogP contribution is -2.25. The van der Waals surface area contributed by atoms with Gasteiger partial charge in [-0.15, -0.1) is 0 Å².